The van der Waals surface area contributed by atoms with E-state index in [1.54, 1.807) is 31.2 Å². The Morgan fingerprint density at radius 3 is 2.28 bits per heavy atom. The minimum Gasteiger partial charge on any atom is -0.454 e. The van der Waals surface area contributed by atoms with Crippen molar-refractivity contribution in [2.24, 2.45) is 23.2 Å². The molecule has 1 aromatic carbocycles. The van der Waals surface area contributed by atoms with Crippen molar-refractivity contribution in [3.8, 4) is 0 Å². The summed E-state index contributed by atoms with van der Waals surface area (Å²) in [5, 5.41) is 5.86. The van der Waals surface area contributed by atoms with Crippen LogP contribution in [0.3, 0.4) is 0 Å². The van der Waals surface area contributed by atoms with Crippen LogP contribution in [-0.4, -0.2) is 30.4 Å². The summed E-state index contributed by atoms with van der Waals surface area (Å²) >= 11 is 6.00. The van der Waals surface area contributed by atoms with Crippen LogP contribution in [0.5, 0.6) is 0 Å². The van der Waals surface area contributed by atoms with E-state index in [4.69, 9.17) is 16.3 Å². The van der Waals surface area contributed by atoms with E-state index in [1.807, 2.05) is 0 Å². The summed E-state index contributed by atoms with van der Waals surface area (Å²) in [5.74, 6) is 0.846. The van der Waals surface area contributed by atoms with Gasteiger partial charge in [0.05, 0.1) is 10.7 Å². The lowest BCUT2D eigenvalue weighted by Crippen LogP contribution is -2.56. The number of para-hydroxylation sites is 1. The van der Waals surface area contributed by atoms with Crippen LogP contribution >= 0.6 is 11.6 Å². The summed E-state index contributed by atoms with van der Waals surface area (Å²) in [7, 11) is 0. The first-order valence-corrected chi connectivity index (χ1v) is 10.7. The highest BCUT2D eigenvalue weighted by atomic mass is 35.5. The Kier molecular flexibility index (Phi) is 5.56. The molecule has 0 spiro atoms. The molecule has 29 heavy (non-hydrogen) atoms. The molecule has 2 N–H and O–H groups in total. The van der Waals surface area contributed by atoms with E-state index in [0.29, 0.717) is 28.5 Å². The molecule has 2 amide bonds. The highest BCUT2D eigenvalue weighted by molar-refractivity contribution is 6.33. The van der Waals surface area contributed by atoms with Crippen LogP contribution in [0.1, 0.15) is 45.4 Å². The van der Waals surface area contributed by atoms with Crippen molar-refractivity contribution >= 4 is 35.1 Å². The maximum Gasteiger partial charge on any atom is 0.328 e. The van der Waals surface area contributed by atoms with Gasteiger partial charge in [0.25, 0.3) is 5.91 Å². The molecule has 156 valence electrons. The predicted molar refractivity (Wildman–Crippen MR) is 109 cm³/mol. The van der Waals surface area contributed by atoms with Crippen LogP contribution in [0.15, 0.2) is 24.3 Å². The molecule has 0 unspecified atom stereocenters. The first-order valence-electron chi connectivity index (χ1n) is 10.4. The molecule has 0 radical (unpaired) electrons. The number of halogens is 1. The monoisotopic (exact) mass is 418 g/mol. The summed E-state index contributed by atoms with van der Waals surface area (Å²) in [6, 6.07) is 6.03. The fourth-order valence-electron chi connectivity index (χ4n) is 5.81. The van der Waals surface area contributed by atoms with Crippen LogP contribution in [-0.2, 0) is 19.1 Å². The second-order valence-electron chi connectivity index (χ2n) is 9.03. The lowest BCUT2D eigenvalue weighted by atomic mass is 9.49. The van der Waals surface area contributed by atoms with E-state index >= 15 is 0 Å². The van der Waals surface area contributed by atoms with Gasteiger partial charge < -0.3 is 15.4 Å². The zero-order chi connectivity index (χ0) is 20.6. The maximum atomic E-state index is 13.0. The second kappa shape index (κ2) is 7.98. The van der Waals surface area contributed by atoms with Crippen molar-refractivity contribution in [3.05, 3.63) is 29.3 Å². The lowest BCUT2D eigenvalue weighted by molar-refractivity contribution is -0.154. The van der Waals surface area contributed by atoms with Gasteiger partial charge in [-0.15, -0.1) is 0 Å². The first-order chi connectivity index (χ1) is 13.8. The van der Waals surface area contributed by atoms with E-state index in [2.05, 4.69) is 10.6 Å². The van der Waals surface area contributed by atoms with Crippen LogP contribution in [0.4, 0.5) is 5.69 Å². The van der Waals surface area contributed by atoms with Gasteiger partial charge in [0.1, 0.15) is 6.04 Å². The normalized spacial score (nSPS) is 30.5. The summed E-state index contributed by atoms with van der Waals surface area (Å²) < 4.78 is 5.09. The average Bonchev–Trinajstić information content (AvgIpc) is 2.66. The molecule has 4 bridgehead atoms. The summed E-state index contributed by atoms with van der Waals surface area (Å²) in [4.78, 5) is 37.3. The zero-order valence-corrected chi connectivity index (χ0v) is 17.3. The Balaban J connectivity index is 1.27. The largest absolute Gasteiger partial charge is 0.454 e. The molecule has 4 aliphatic rings. The van der Waals surface area contributed by atoms with Crippen LogP contribution in [0, 0.1) is 23.2 Å². The van der Waals surface area contributed by atoms with Crippen LogP contribution < -0.4 is 10.6 Å². The van der Waals surface area contributed by atoms with Gasteiger partial charge in [-0.1, -0.05) is 23.7 Å². The number of rotatable bonds is 6. The number of hydrogen-bond acceptors (Lipinski definition) is 4. The molecule has 6 nitrogen and oxygen atoms in total. The van der Waals surface area contributed by atoms with E-state index < -0.39 is 24.5 Å². The molecule has 4 aliphatic carbocycles. The fourth-order valence-corrected chi connectivity index (χ4v) is 5.99. The summed E-state index contributed by atoms with van der Waals surface area (Å²) in [6.45, 7) is 1.17. The summed E-state index contributed by atoms with van der Waals surface area (Å²) in [5.41, 5.74) is 0.142. The Morgan fingerprint density at radius 1 is 1.10 bits per heavy atom. The van der Waals surface area contributed by atoms with Crippen molar-refractivity contribution in [1.82, 2.24) is 5.32 Å². The number of carbonyl (C=O) groups excluding carboxylic acids is 3. The van der Waals surface area contributed by atoms with Crippen LogP contribution in [0.2, 0.25) is 5.02 Å². The van der Waals surface area contributed by atoms with E-state index in [0.717, 1.165) is 19.3 Å². The number of esters is 1. The third kappa shape index (κ3) is 4.27. The van der Waals surface area contributed by atoms with Crippen molar-refractivity contribution in [1.29, 1.82) is 0 Å². The van der Waals surface area contributed by atoms with Crippen molar-refractivity contribution in [2.75, 3.05) is 11.9 Å². The minimum atomic E-state index is -0.788. The Bertz CT molecular complexity index is 790. The van der Waals surface area contributed by atoms with Gasteiger partial charge in [0.2, 0.25) is 5.91 Å². The van der Waals surface area contributed by atoms with E-state index in [1.165, 1.54) is 19.3 Å². The quantitative estimate of drug-likeness (QED) is 0.692. The van der Waals surface area contributed by atoms with Gasteiger partial charge in [-0.05, 0) is 75.3 Å². The standard InChI is InChI=1S/C22H27ClN2O4/c1-13(20(27)29-12-19(26)25-18-5-3-2-4-17(18)23)24-21(28)22-9-14-6-15(10-22)8-16(7-14)11-22/h2-5,13-16H,6-12H2,1H3,(H,24,28)(H,25,26)/t13-,14?,15?,16?,22?/m0/s1. The Morgan fingerprint density at radius 2 is 1.69 bits per heavy atom. The molecule has 0 aromatic heterocycles. The molecule has 7 heteroatoms. The van der Waals surface area contributed by atoms with Crippen LogP contribution in [0.25, 0.3) is 0 Å². The summed E-state index contributed by atoms with van der Waals surface area (Å²) in [6.07, 6.45) is 6.58. The second-order valence-corrected chi connectivity index (χ2v) is 9.44. The molecular weight excluding hydrogens is 392 g/mol. The number of nitrogens with one attached hydrogen (secondary N) is 2. The van der Waals surface area contributed by atoms with Gasteiger partial charge in [0.15, 0.2) is 6.61 Å². The molecule has 1 atom stereocenters. The van der Waals surface area contributed by atoms with Gasteiger partial charge in [0, 0.05) is 5.41 Å². The van der Waals surface area contributed by atoms with Gasteiger partial charge in [-0.25, -0.2) is 4.79 Å². The molecule has 0 heterocycles. The Hall–Kier alpha value is -2.08. The SMILES string of the molecule is C[C@H](NC(=O)C12CC3CC(CC(C3)C1)C2)C(=O)OCC(=O)Nc1ccccc1Cl. The molecular formula is C22H27ClN2O4. The smallest absolute Gasteiger partial charge is 0.328 e. The van der Waals surface area contributed by atoms with Crippen molar-refractivity contribution < 1.29 is 19.1 Å². The number of carbonyl (C=O) groups is 3. The molecule has 4 fully saturated rings. The highest BCUT2D eigenvalue weighted by Crippen LogP contribution is 2.60. The zero-order valence-electron chi connectivity index (χ0n) is 16.6. The number of hydrogen-bond donors (Lipinski definition) is 2. The minimum absolute atomic E-state index is 0.0263. The van der Waals surface area contributed by atoms with Gasteiger partial charge >= 0.3 is 5.97 Å². The Labute approximate surface area is 175 Å². The third-order valence-electron chi connectivity index (χ3n) is 6.71. The van der Waals surface area contributed by atoms with E-state index in [9.17, 15) is 14.4 Å². The number of amides is 2. The maximum absolute atomic E-state index is 13.0. The molecule has 0 aliphatic heterocycles. The average molecular weight is 419 g/mol. The van der Waals surface area contributed by atoms with Crippen molar-refractivity contribution in [3.63, 3.8) is 0 Å². The number of ether oxygens (including phenoxy) is 1. The van der Waals surface area contributed by atoms with Gasteiger partial charge in [-0.2, -0.15) is 0 Å². The topological polar surface area (TPSA) is 84.5 Å². The fraction of sp³-hybridized carbons (Fsp3) is 0.591. The first kappa shape index (κ1) is 20.2. The lowest BCUT2D eigenvalue weighted by Gasteiger charge is -2.55. The predicted octanol–water partition coefficient (Wildman–Crippen LogP) is 3.54. The number of benzene rings is 1. The van der Waals surface area contributed by atoms with E-state index in [-0.39, 0.29) is 11.3 Å². The molecule has 1 aromatic rings. The molecule has 0 saturated heterocycles. The molecule has 5 rings (SSSR count). The third-order valence-corrected chi connectivity index (χ3v) is 7.04. The number of anilines is 1. The van der Waals surface area contributed by atoms with Crippen molar-refractivity contribution in [2.45, 2.75) is 51.5 Å². The molecule has 4 saturated carbocycles. The van der Waals surface area contributed by atoms with Gasteiger partial charge in [-0.3, -0.25) is 9.59 Å². The highest BCUT2D eigenvalue weighted by Gasteiger charge is 2.54.